The van der Waals surface area contributed by atoms with E-state index in [9.17, 15) is 4.79 Å². The maximum atomic E-state index is 10.5. The fourth-order valence-electron chi connectivity index (χ4n) is 2.33. The van der Waals surface area contributed by atoms with E-state index in [1.165, 1.54) is 0 Å². The highest BCUT2D eigenvalue weighted by Crippen LogP contribution is 2.31. The molecule has 1 saturated heterocycles. The van der Waals surface area contributed by atoms with Crippen molar-refractivity contribution in [2.75, 3.05) is 24.6 Å². The van der Waals surface area contributed by atoms with Gasteiger partial charge in [0.25, 0.3) is 0 Å². The first-order valence-electron chi connectivity index (χ1n) is 5.96. The van der Waals surface area contributed by atoms with Crippen molar-refractivity contribution in [2.45, 2.75) is 12.5 Å². The molecule has 2 aromatic heterocycles. The molecule has 0 radical (unpaired) electrons. The number of aliphatic carboxylic acids is 1. The lowest BCUT2D eigenvalue weighted by Crippen LogP contribution is -2.62. The standard InChI is InChI=1S/C12H14N4O3/c1-12(19-6-10(17)18)7-15(8-12)11-9-2-3-14-16(9)5-4-13-11/h2-5H,6-8H2,1H3,(H,17,18). The van der Waals surface area contributed by atoms with E-state index in [1.807, 2.05) is 13.0 Å². The first kappa shape index (κ1) is 11.9. The monoisotopic (exact) mass is 262 g/mol. The van der Waals surface area contributed by atoms with Crippen molar-refractivity contribution in [1.82, 2.24) is 14.6 Å². The van der Waals surface area contributed by atoms with Gasteiger partial charge in [0.2, 0.25) is 0 Å². The van der Waals surface area contributed by atoms with E-state index in [1.54, 1.807) is 23.1 Å². The van der Waals surface area contributed by atoms with E-state index in [0.717, 1.165) is 11.3 Å². The van der Waals surface area contributed by atoms with E-state index in [0.29, 0.717) is 13.1 Å². The Bertz CT molecular complexity index is 618. The maximum Gasteiger partial charge on any atom is 0.329 e. The molecule has 0 atom stereocenters. The molecular formula is C12H14N4O3. The summed E-state index contributed by atoms with van der Waals surface area (Å²) >= 11 is 0. The van der Waals surface area contributed by atoms with E-state index >= 15 is 0 Å². The number of carbonyl (C=O) groups is 1. The number of carboxylic acids is 1. The van der Waals surface area contributed by atoms with Gasteiger partial charge < -0.3 is 14.7 Å². The summed E-state index contributed by atoms with van der Waals surface area (Å²) in [5.41, 5.74) is 0.509. The minimum atomic E-state index is -0.948. The third kappa shape index (κ3) is 2.12. The van der Waals surface area contributed by atoms with Gasteiger partial charge in [-0.2, -0.15) is 5.10 Å². The molecule has 0 aliphatic carbocycles. The van der Waals surface area contributed by atoms with E-state index in [4.69, 9.17) is 9.84 Å². The summed E-state index contributed by atoms with van der Waals surface area (Å²) in [4.78, 5) is 16.9. The molecule has 0 spiro atoms. The molecule has 1 N–H and O–H groups in total. The van der Waals surface area contributed by atoms with E-state index < -0.39 is 11.6 Å². The minimum Gasteiger partial charge on any atom is -0.480 e. The summed E-state index contributed by atoms with van der Waals surface area (Å²) in [5.74, 6) is -0.105. The fourth-order valence-corrected chi connectivity index (χ4v) is 2.33. The number of nitrogens with zero attached hydrogens (tertiary/aromatic N) is 4. The van der Waals surface area contributed by atoms with Gasteiger partial charge in [0, 0.05) is 12.4 Å². The molecule has 7 heteroatoms. The Labute approximate surface area is 109 Å². The van der Waals surface area contributed by atoms with Crippen LogP contribution in [0.4, 0.5) is 5.82 Å². The molecule has 1 aliphatic rings. The summed E-state index contributed by atoms with van der Waals surface area (Å²) < 4.78 is 7.14. The van der Waals surface area contributed by atoms with Crippen LogP contribution >= 0.6 is 0 Å². The fraction of sp³-hybridized carbons (Fsp3) is 0.417. The first-order chi connectivity index (χ1) is 9.07. The summed E-state index contributed by atoms with van der Waals surface area (Å²) in [6.45, 7) is 2.88. The lowest BCUT2D eigenvalue weighted by Gasteiger charge is -2.47. The van der Waals surface area contributed by atoms with Crippen LogP contribution < -0.4 is 4.90 Å². The summed E-state index contributed by atoms with van der Waals surface area (Å²) in [6.07, 6.45) is 5.21. The Morgan fingerprint density at radius 3 is 3.05 bits per heavy atom. The van der Waals surface area contributed by atoms with Gasteiger partial charge in [-0.1, -0.05) is 0 Å². The van der Waals surface area contributed by atoms with Gasteiger partial charge in [0.15, 0.2) is 5.82 Å². The van der Waals surface area contributed by atoms with Crippen LogP contribution in [0.2, 0.25) is 0 Å². The number of aromatic nitrogens is 3. The number of rotatable bonds is 4. The molecule has 1 fully saturated rings. The van der Waals surface area contributed by atoms with Gasteiger partial charge >= 0.3 is 5.97 Å². The van der Waals surface area contributed by atoms with Crippen molar-refractivity contribution in [2.24, 2.45) is 0 Å². The molecule has 0 unspecified atom stereocenters. The van der Waals surface area contributed by atoms with Crippen molar-refractivity contribution >= 4 is 17.3 Å². The van der Waals surface area contributed by atoms with Crippen LogP contribution in [0.3, 0.4) is 0 Å². The second-order valence-electron chi connectivity index (χ2n) is 4.90. The molecule has 100 valence electrons. The van der Waals surface area contributed by atoms with Crippen LogP contribution in [0.15, 0.2) is 24.7 Å². The Morgan fingerprint density at radius 2 is 2.32 bits per heavy atom. The van der Waals surface area contributed by atoms with Gasteiger partial charge in [0.1, 0.15) is 17.7 Å². The highest BCUT2D eigenvalue weighted by atomic mass is 16.5. The topological polar surface area (TPSA) is 80.0 Å². The molecule has 3 rings (SSSR count). The Morgan fingerprint density at radius 1 is 1.53 bits per heavy atom. The highest BCUT2D eigenvalue weighted by molar-refractivity contribution is 5.70. The first-order valence-corrected chi connectivity index (χ1v) is 5.96. The molecule has 0 saturated carbocycles. The van der Waals surface area contributed by atoms with Crippen molar-refractivity contribution in [3.05, 3.63) is 24.7 Å². The largest absolute Gasteiger partial charge is 0.480 e. The summed E-state index contributed by atoms with van der Waals surface area (Å²) in [7, 11) is 0. The van der Waals surface area contributed by atoms with Crippen molar-refractivity contribution in [1.29, 1.82) is 0 Å². The van der Waals surface area contributed by atoms with Gasteiger partial charge in [-0.3, -0.25) is 0 Å². The van der Waals surface area contributed by atoms with Gasteiger partial charge in [-0.05, 0) is 13.0 Å². The Hall–Kier alpha value is -2.15. The van der Waals surface area contributed by atoms with Crippen LogP contribution in [0.1, 0.15) is 6.92 Å². The van der Waals surface area contributed by atoms with Crippen LogP contribution in [0.5, 0.6) is 0 Å². The van der Waals surface area contributed by atoms with Crippen molar-refractivity contribution < 1.29 is 14.6 Å². The highest BCUT2D eigenvalue weighted by Gasteiger charge is 2.41. The van der Waals surface area contributed by atoms with Crippen molar-refractivity contribution in [3.8, 4) is 0 Å². The van der Waals surface area contributed by atoms with Crippen molar-refractivity contribution in [3.63, 3.8) is 0 Å². The third-order valence-corrected chi connectivity index (χ3v) is 3.20. The molecule has 19 heavy (non-hydrogen) atoms. The SMILES string of the molecule is CC1(OCC(=O)O)CN(c2nccn3nccc23)C1. The molecule has 0 amide bonds. The number of ether oxygens (including phenoxy) is 1. The predicted molar refractivity (Wildman–Crippen MR) is 67.2 cm³/mol. The van der Waals surface area contributed by atoms with Crippen LogP contribution in [-0.2, 0) is 9.53 Å². The Balaban J connectivity index is 1.73. The average molecular weight is 262 g/mol. The Kier molecular flexibility index (Phi) is 2.63. The molecule has 1 aliphatic heterocycles. The summed E-state index contributed by atoms with van der Waals surface area (Å²) in [5, 5.41) is 12.8. The zero-order valence-corrected chi connectivity index (χ0v) is 10.5. The van der Waals surface area contributed by atoms with Gasteiger partial charge in [-0.25, -0.2) is 14.3 Å². The van der Waals surface area contributed by atoms with E-state index in [2.05, 4.69) is 15.0 Å². The second-order valence-corrected chi connectivity index (χ2v) is 4.90. The number of carboxylic acid groups (broad SMARTS) is 1. The number of fused-ring (bicyclic) bond motifs is 1. The lowest BCUT2D eigenvalue weighted by atomic mass is 9.96. The zero-order chi connectivity index (χ0) is 13.5. The maximum absolute atomic E-state index is 10.5. The van der Waals surface area contributed by atoms with E-state index in [-0.39, 0.29) is 6.61 Å². The quantitative estimate of drug-likeness (QED) is 0.859. The normalized spacial score (nSPS) is 17.4. The zero-order valence-electron chi connectivity index (χ0n) is 10.5. The van der Waals surface area contributed by atoms with Crippen LogP contribution in [0, 0.1) is 0 Å². The van der Waals surface area contributed by atoms with Gasteiger partial charge in [0.05, 0.1) is 19.3 Å². The number of hydrogen-bond acceptors (Lipinski definition) is 5. The second kappa shape index (κ2) is 4.20. The lowest BCUT2D eigenvalue weighted by molar-refractivity contribution is -0.150. The molecule has 2 aromatic rings. The molecule has 7 nitrogen and oxygen atoms in total. The smallest absolute Gasteiger partial charge is 0.329 e. The van der Waals surface area contributed by atoms with Crippen LogP contribution in [0.25, 0.3) is 5.52 Å². The third-order valence-electron chi connectivity index (χ3n) is 3.20. The summed E-state index contributed by atoms with van der Waals surface area (Å²) in [6, 6.07) is 1.90. The molecular weight excluding hydrogens is 248 g/mol. The van der Waals surface area contributed by atoms with Gasteiger partial charge in [-0.15, -0.1) is 0 Å². The van der Waals surface area contributed by atoms with Crippen LogP contribution in [-0.4, -0.2) is 51.0 Å². The number of hydrogen-bond donors (Lipinski definition) is 1. The molecule has 0 aromatic carbocycles. The predicted octanol–water partition coefficient (Wildman–Crippen LogP) is 0.409. The molecule has 0 bridgehead atoms. The minimum absolute atomic E-state index is 0.269. The number of anilines is 1. The average Bonchev–Trinajstić information content (AvgIpc) is 2.81. The molecule has 3 heterocycles.